The number of rotatable bonds is 3. The number of aromatic nitrogens is 2. The van der Waals surface area contributed by atoms with Crippen molar-refractivity contribution < 1.29 is 24.5 Å². The van der Waals surface area contributed by atoms with Crippen LogP contribution in [-0.4, -0.2) is 18.0 Å². The van der Waals surface area contributed by atoms with Crippen LogP contribution in [0.2, 0.25) is 19.6 Å². The predicted molar refractivity (Wildman–Crippen MR) is 152 cm³/mol. The van der Waals surface area contributed by atoms with E-state index in [1.165, 1.54) is 16.1 Å². The Balaban J connectivity index is 0.000000195. The molecule has 0 spiro atoms. The van der Waals surface area contributed by atoms with Crippen LogP contribution >= 0.6 is 0 Å². The quantitative estimate of drug-likeness (QED) is 0.142. The summed E-state index contributed by atoms with van der Waals surface area (Å²) >= 11 is 0. The Kier molecular flexibility index (Phi) is 8.18. The average molecular weight is 677 g/mol. The van der Waals surface area contributed by atoms with Gasteiger partial charge in [0.2, 0.25) is 0 Å². The van der Waals surface area contributed by atoms with Crippen molar-refractivity contribution in [2.45, 2.75) is 26.6 Å². The normalized spacial score (nSPS) is 11.0. The minimum Gasteiger partial charge on any atom is -0.501 e. The van der Waals surface area contributed by atoms with Gasteiger partial charge in [-0.25, -0.2) is 0 Å². The fraction of sp³-hybridized carbons (Fsp3) is 0.125. The summed E-state index contributed by atoms with van der Waals surface area (Å²) in [4.78, 5) is 8.78. The molecule has 37 heavy (non-hydrogen) atoms. The molecule has 0 fully saturated rings. The topological polar surface area (TPSA) is 38.9 Å². The van der Waals surface area contributed by atoms with E-state index >= 15 is 0 Å². The van der Waals surface area contributed by atoms with Gasteiger partial charge in [-0.1, -0.05) is 72.2 Å². The van der Waals surface area contributed by atoms with Crippen LogP contribution in [0.4, 0.5) is 0 Å². The maximum atomic E-state index is 6.22. The van der Waals surface area contributed by atoms with E-state index in [1.807, 2.05) is 67.7 Å². The molecule has 3 nitrogen and oxygen atoms in total. The number of furan rings is 1. The van der Waals surface area contributed by atoms with Gasteiger partial charge in [-0.05, 0) is 36.0 Å². The maximum absolute atomic E-state index is 6.22. The second-order valence-corrected chi connectivity index (χ2v) is 14.9. The molecule has 0 aliphatic rings. The Hall–Kier alpha value is -3.37. The number of aryl methyl sites for hydroxylation is 1. The van der Waals surface area contributed by atoms with Crippen LogP contribution < -0.4 is 5.19 Å². The van der Waals surface area contributed by atoms with Crippen molar-refractivity contribution >= 4 is 35.2 Å². The molecule has 1 radical (unpaired) electrons. The SMILES string of the molecule is C[Si](C)(C)c1cccc2oc3c(-c4ccccn4)[c-]ccc3c12.Cc1ccc(-c2[c-]cccc2)nc1.[Ir]. The number of nitrogens with zero attached hydrogens (tertiary/aromatic N) is 2. The van der Waals surface area contributed by atoms with Crippen molar-refractivity contribution in [2.24, 2.45) is 0 Å². The van der Waals surface area contributed by atoms with E-state index in [4.69, 9.17) is 4.42 Å². The molecule has 6 aromatic rings. The number of benzene rings is 3. The van der Waals surface area contributed by atoms with Crippen LogP contribution in [0.3, 0.4) is 0 Å². The first-order valence-electron chi connectivity index (χ1n) is 12.1. The van der Waals surface area contributed by atoms with Crippen LogP contribution in [0.5, 0.6) is 0 Å². The first-order valence-corrected chi connectivity index (χ1v) is 15.6. The van der Waals surface area contributed by atoms with Crippen molar-refractivity contribution in [1.82, 2.24) is 9.97 Å². The van der Waals surface area contributed by atoms with Gasteiger partial charge in [-0.3, -0.25) is 0 Å². The third kappa shape index (κ3) is 5.80. The summed E-state index contributed by atoms with van der Waals surface area (Å²) < 4.78 is 6.22. The number of pyridine rings is 2. The van der Waals surface area contributed by atoms with E-state index < -0.39 is 8.07 Å². The molecule has 0 atom stereocenters. The standard InChI is InChI=1S/C20H18NOSi.C12H10N.Ir/c1-23(2,3)18-12-7-11-17-19(18)15-9-6-8-14(20(15)22-17)16-10-4-5-13-21-16;1-10-7-8-12(13-9-10)11-5-3-2-4-6-11;/h4-7,9-13H,1-3H3;2-5,7-9H,1H3;/q2*-1;. The smallest absolute Gasteiger partial charge is 0.120 e. The molecule has 3 aromatic heterocycles. The monoisotopic (exact) mass is 677 g/mol. The molecule has 0 saturated heterocycles. The summed E-state index contributed by atoms with van der Waals surface area (Å²) in [6.45, 7) is 9.14. The van der Waals surface area contributed by atoms with Gasteiger partial charge in [0.15, 0.2) is 0 Å². The molecule has 0 N–H and O–H groups in total. The maximum Gasteiger partial charge on any atom is 0.120 e. The minimum absolute atomic E-state index is 0. The fourth-order valence-electron chi connectivity index (χ4n) is 4.30. The van der Waals surface area contributed by atoms with E-state index in [-0.39, 0.29) is 20.1 Å². The zero-order valence-corrected chi connectivity index (χ0v) is 24.8. The van der Waals surface area contributed by atoms with Crippen molar-refractivity contribution in [3.63, 3.8) is 0 Å². The first-order chi connectivity index (χ1) is 17.4. The van der Waals surface area contributed by atoms with Gasteiger partial charge in [-0.2, -0.15) is 0 Å². The summed E-state index contributed by atoms with van der Waals surface area (Å²) in [5.74, 6) is 0. The van der Waals surface area contributed by atoms with Crippen molar-refractivity contribution in [1.29, 1.82) is 0 Å². The Bertz CT molecular complexity index is 1610. The third-order valence-electron chi connectivity index (χ3n) is 6.08. The number of fused-ring (bicyclic) bond motifs is 3. The third-order valence-corrected chi connectivity index (χ3v) is 8.12. The molecule has 6 rings (SSSR count). The second kappa shape index (κ2) is 11.3. The van der Waals surface area contributed by atoms with Crippen molar-refractivity contribution in [3.8, 4) is 22.5 Å². The van der Waals surface area contributed by atoms with E-state index in [0.29, 0.717) is 0 Å². The largest absolute Gasteiger partial charge is 0.501 e. The Labute approximate surface area is 233 Å². The van der Waals surface area contributed by atoms with Crippen LogP contribution in [0.15, 0.2) is 102 Å². The van der Waals surface area contributed by atoms with Gasteiger partial charge in [0.25, 0.3) is 0 Å². The van der Waals surface area contributed by atoms with E-state index in [2.05, 4.69) is 72.1 Å². The molecule has 0 bridgehead atoms. The molecule has 0 amide bonds. The molecular weight excluding hydrogens is 649 g/mol. The number of hydrogen-bond donors (Lipinski definition) is 0. The van der Waals surface area contributed by atoms with Gasteiger partial charge in [0, 0.05) is 37.9 Å². The zero-order valence-electron chi connectivity index (χ0n) is 21.4. The molecule has 3 aromatic carbocycles. The minimum atomic E-state index is -1.46. The molecule has 5 heteroatoms. The van der Waals surface area contributed by atoms with Gasteiger partial charge in [0.1, 0.15) is 5.58 Å². The molecule has 0 saturated carbocycles. The zero-order chi connectivity index (χ0) is 25.1. The summed E-state index contributed by atoms with van der Waals surface area (Å²) in [6, 6.07) is 34.8. The molecule has 3 heterocycles. The van der Waals surface area contributed by atoms with E-state index in [9.17, 15) is 0 Å². The average Bonchev–Trinajstić information content (AvgIpc) is 3.29. The Morgan fingerprint density at radius 2 is 1.59 bits per heavy atom. The Morgan fingerprint density at radius 1 is 0.757 bits per heavy atom. The van der Waals surface area contributed by atoms with Crippen LogP contribution in [-0.2, 0) is 20.1 Å². The molecule has 0 unspecified atom stereocenters. The van der Waals surface area contributed by atoms with Gasteiger partial charge in [-0.15, -0.1) is 54.1 Å². The molecule has 0 aliphatic carbocycles. The van der Waals surface area contributed by atoms with Gasteiger partial charge in [0.05, 0.1) is 13.7 Å². The molecular formula is C32H28IrN2OSi-2. The van der Waals surface area contributed by atoms with E-state index in [0.717, 1.165) is 39.1 Å². The summed E-state index contributed by atoms with van der Waals surface area (Å²) in [6.07, 6.45) is 3.67. The second-order valence-electron chi connectivity index (χ2n) is 9.84. The van der Waals surface area contributed by atoms with Crippen LogP contribution in [0.1, 0.15) is 5.56 Å². The van der Waals surface area contributed by atoms with Crippen molar-refractivity contribution in [2.75, 3.05) is 0 Å². The fourth-order valence-corrected chi connectivity index (χ4v) is 5.90. The van der Waals surface area contributed by atoms with Crippen molar-refractivity contribution in [3.05, 3.63) is 115 Å². The van der Waals surface area contributed by atoms with Crippen LogP contribution in [0.25, 0.3) is 44.5 Å². The van der Waals surface area contributed by atoms with Crippen LogP contribution in [0, 0.1) is 19.1 Å². The molecule has 0 aliphatic heterocycles. The first kappa shape index (κ1) is 26.7. The van der Waals surface area contributed by atoms with E-state index in [1.54, 1.807) is 6.20 Å². The Morgan fingerprint density at radius 3 is 2.27 bits per heavy atom. The number of hydrogen-bond acceptors (Lipinski definition) is 3. The molecule has 187 valence electrons. The predicted octanol–water partition coefficient (Wildman–Crippen LogP) is 7.85. The summed E-state index contributed by atoms with van der Waals surface area (Å²) in [5, 5.41) is 3.86. The van der Waals surface area contributed by atoms with Gasteiger partial charge < -0.3 is 14.4 Å². The summed E-state index contributed by atoms with van der Waals surface area (Å²) in [7, 11) is -1.46. The van der Waals surface area contributed by atoms with Gasteiger partial charge >= 0.3 is 0 Å². The summed E-state index contributed by atoms with van der Waals surface area (Å²) in [5.41, 5.74) is 6.87.